The maximum atomic E-state index is 12.9. The van der Waals surface area contributed by atoms with E-state index in [0.29, 0.717) is 32.8 Å². The zero-order valence-electron chi connectivity index (χ0n) is 15.0. The summed E-state index contributed by atoms with van der Waals surface area (Å²) in [7, 11) is 1.99. The van der Waals surface area contributed by atoms with Gasteiger partial charge in [-0.15, -0.1) is 0 Å². The number of aryl methyl sites for hydroxylation is 1. The fourth-order valence-electron chi connectivity index (χ4n) is 3.40. The number of carbonyl (C=O) groups excluding carboxylic acids is 1. The van der Waals surface area contributed by atoms with Crippen molar-refractivity contribution in [1.29, 1.82) is 0 Å². The van der Waals surface area contributed by atoms with Gasteiger partial charge in [0.15, 0.2) is 0 Å². The van der Waals surface area contributed by atoms with Crippen molar-refractivity contribution in [3.63, 3.8) is 0 Å². The third-order valence-corrected chi connectivity index (χ3v) is 4.80. The molecule has 1 aliphatic rings. The number of nitrogens with zero attached hydrogens (tertiary/aromatic N) is 3. The summed E-state index contributed by atoms with van der Waals surface area (Å²) in [5, 5.41) is 11.0. The van der Waals surface area contributed by atoms with Gasteiger partial charge in [-0.05, 0) is 25.1 Å². The van der Waals surface area contributed by atoms with E-state index in [9.17, 15) is 9.90 Å². The predicted octanol–water partition coefficient (Wildman–Crippen LogP) is 1.33. The molecule has 1 aromatic carbocycles. The van der Waals surface area contributed by atoms with Crippen LogP contribution in [0.1, 0.15) is 17.3 Å². The first-order chi connectivity index (χ1) is 12.1. The number of hydrogen-bond donors (Lipinski definition) is 1. The summed E-state index contributed by atoms with van der Waals surface area (Å²) >= 11 is 0. The van der Waals surface area contributed by atoms with Crippen molar-refractivity contribution in [2.45, 2.75) is 13.0 Å². The molecule has 1 N–H and O–H groups in total. The average Bonchev–Trinajstić information content (AvgIpc) is 3.01. The Balaban J connectivity index is 1.60. The van der Waals surface area contributed by atoms with E-state index >= 15 is 0 Å². The van der Waals surface area contributed by atoms with E-state index in [1.807, 2.05) is 53.9 Å². The highest BCUT2D eigenvalue weighted by molar-refractivity contribution is 6.06. The second-order valence-electron chi connectivity index (χ2n) is 6.57. The number of piperazine rings is 1. The van der Waals surface area contributed by atoms with E-state index < -0.39 is 6.10 Å². The van der Waals surface area contributed by atoms with Gasteiger partial charge >= 0.3 is 0 Å². The highest BCUT2D eigenvalue weighted by Gasteiger charge is 2.24. The summed E-state index contributed by atoms with van der Waals surface area (Å²) in [6.07, 6.45) is 1.51. The van der Waals surface area contributed by atoms with E-state index in [1.54, 1.807) is 0 Å². The van der Waals surface area contributed by atoms with Gasteiger partial charge in [0.1, 0.15) is 0 Å². The molecule has 3 rings (SSSR count). The standard InChI is InChI=1S/C19H27N3O3/c1-3-25-14-15(23)13-21-9-11-22(12-10-21)19(24)17-5-4-6-18-16(17)7-8-20(18)2/h4-8,15,23H,3,9-14H2,1-2H3/t15-/m0/s1. The van der Waals surface area contributed by atoms with E-state index in [1.165, 1.54) is 0 Å². The molecule has 1 aromatic heterocycles. The quantitative estimate of drug-likeness (QED) is 0.858. The summed E-state index contributed by atoms with van der Waals surface area (Å²) in [6, 6.07) is 7.88. The van der Waals surface area contributed by atoms with Gasteiger partial charge in [-0.1, -0.05) is 6.07 Å². The molecule has 25 heavy (non-hydrogen) atoms. The predicted molar refractivity (Wildman–Crippen MR) is 97.8 cm³/mol. The van der Waals surface area contributed by atoms with Crippen LogP contribution in [0, 0.1) is 0 Å². The maximum Gasteiger partial charge on any atom is 0.254 e. The van der Waals surface area contributed by atoms with Gasteiger partial charge in [0.05, 0.1) is 12.7 Å². The molecule has 1 fully saturated rings. The van der Waals surface area contributed by atoms with Crippen molar-refractivity contribution >= 4 is 16.8 Å². The number of β-amino-alcohol motifs (C(OH)–C–C–N with tert-alkyl or cyclic N) is 1. The molecule has 1 saturated heterocycles. The molecule has 1 atom stereocenters. The van der Waals surface area contributed by atoms with Crippen LogP contribution < -0.4 is 0 Å². The normalized spacial score (nSPS) is 17.2. The molecule has 0 radical (unpaired) electrons. The SMILES string of the molecule is CCOC[C@@H](O)CN1CCN(C(=O)c2cccc3c2ccn3C)CC1. The molecule has 1 aliphatic heterocycles. The van der Waals surface area contributed by atoms with Gasteiger partial charge in [0.2, 0.25) is 0 Å². The molecule has 0 bridgehead atoms. The molecule has 2 aromatic rings. The summed E-state index contributed by atoms with van der Waals surface area (Å²) in [5.41, 5.74) is 1.84. The van der Waals surface area contributed by atoms with Crippen LogP contribution in [-0.2, 0) is 11.8 Å². The maximum absolute atomic E-state index is 12.9. The summed E-state index contributed by atoms with van der Waals surface area (Å²) in [5.74, 6) is 0.0892. The number of amides is 1. The van der Waals surface area contributed by atoms with Crippen molar-refractivity contribution in [2.75, 3.05) is 45.9 Å². The van der Waals surface area contributed by atoms with E-state index in [-0.39, 0.29) is 5.91 Å². The number of aliphatic hydroxyl groups is 1. The summed E-state index contributed by atoms with van der Waals surface area (Å²) in [6.45, 7) is 6.42. The molecular weight excluding hydrogens is 318 g/mol. The smallest absolute Gasteiger partial charge is 0.254 e. The number of aliphatic hydroxyl groups excluding tert-OH is 1. The molecular formula is C19H27N3O3. The number of fused-ring (bicyclic) bond motifs is 1. The number of carbonyl (C=O) groups is 1. The van der Waals surface area contributed by atoms with E-state index in [2.05, 4.69) is 4.90 Å². The lowest BCUT2D eigenvalue weighted by molar-refractivity contribution is 0.0111. The third-order valence-electron chi connectivity index (χ3n) is 4.80. The Morgan fingerprint density at radius 3 is 2.72 bits per heavy atom. The van der Waals surface area contributed by atoms with Gasteiger partial charge in [-0.2, -0.15) is 0 Å². The molecule has 0 unspecified atom stereocenters. The minimum absolute atomic E-state index is 0.0892. The van der Waals surface area contributed by atoms with Crippen molar-refractivity contribution in [3.8, 4) is 0 Å². The minimum Gasteiger partial charge on any atom is -0.389 e. The Labute approximate surface area is 148 Å². The first-order valence-electron chi connectivity index (χ1n) is 8.91. The largest absolute Gasteiger partial charge is 0.389 e. The van der Waals surface area contributed by atoms with Gasteiger partial charge < -0.3 is 19.3 Å². The molecule has 6 nitrogen and oxygen atoms in total. The Bertz CT molecular complexity index is 720. The van der Waals surface area contributed by atoms with Crippen LogP contribution in [0.15, 0.2) is 30.5 Å². The molecule has 136 valence electrons. The Kier molecular flexibility index (Phi) is 5.73. The minimum atomic E-state index is -0.472. The van der Waals surface area contributed by atoms with Crippen molar-refractivity contribution in [3.05, 3.63) is 36.0 Å². The lowest BCUT2D eigenvalue weighted by atomic mass is 10.1. The average molecular weight is 345 g/mol. The summed E-state index contributed by atoms with van der Waals surface area (Å²) in [4.78, 5) is 17.0. The van der Waals surface area contributed by atoms with Crippen LogP contribution in [0.5, 0.6) is 0 Å². The van der Waals surface area contributed by atoms with Gasteiger partial charge in [-0.25, -0.2) is 0 Å². The highest BCUT2D eigenvalue weighted by atomic mass is 16.5. The zero-order valence-corrected chi connectivity index (χ0v) is 15.0. The monoisotopic (exact) mass is 345 g/mol. The third kappa shape index (κ3) is 4.03. The second kappa shape index (κ2) is 7.99. The number of ether oxygens (including phenoxy) is 1. The molecule has 0 aliphatic carbocycles. The Hall–Kier alpha value is -1.89. The van der Waals surface area contributed by atoms with Crippen molar-refractivity contribution in [2.24, 2.45) is 7.05 Å². The van der Waals surface area contributed by atoms with Crippen molar-refractivity contribution in [1.82, 2.24) is 14.4 Å². The van der Waals surface area contributed by atoms with Crippen molar-refractivity contribution < 1.29 is 14.6 Å². The summed E-state index contributed by atoms with van der Waals surface area (Å²) < 4.78 is 7.29. The van der Waals surface area contributed by atoms with Gasteiger partial charge in [0.25, 0.3) is 5.91 Å². The Morgan fingerprint density at radius 2 is 2.00 bits per heavy atom. The molecule has 0 spiro atoms. The van der Waals surface area contributed by atoms with Crippen LogP contribution in [-0.4, -0.2) is 77.4 Å². The number of rotatable bonds is 6. The number of benzene rings is 1. The molecule has 1 amide bonds. The molecule has 0 saturated carbocycles. The fourth-order valence-corrected chi connectivity index (χ4v) is 3.40. The van der Waals surface area contributed by atoms with Crippen LogP contribution in [0.3, 0.4) is 0 Å². The highest BCUT2D eigenvalue weighted by Crippen LogP contribution is 2.21. The first kappa shape index (κ1) is 17.9. The van der Waals surface area contributed by atoms with Crippen LogP contribution in [0.2, 0.25) is 0 Å². The fraction of sp³-hybridized carbons (Fsp3) is 0.526. The van der Waals surface area contributed by atoms with Crippen LogP contribution in [0.25, 0.3) is 10.9 Å². The zero-order chi connectivity index (χ0) is 17.8. The second-order valence-corrected chi connectivity index (χ2v) is 6.57. The van der Waals surface area contributed by atoms with Gasteiger partial charge in [-0.3, -0.25) is 9.69 Å². The van der Waals surface area contributed by atoms with Crippen LogP contribution >= 0.6 is 0 Å². The topological polar surface area (TPSA) is 57.9 Å². The van der Waals surface area contributed by atoms with Crippen LogP contribution in [0.4, 0.5) is 0 Å². The molecule has 6 heteroatoms. The molecule has 2 heterocycles. The van der Waals surface area contributed by atoms with Gasteiger partial charge in [0, 0.05) is 69.0 Å². The Morgan fingerprint density at radius 1 is 1.24 bits per heavy atom. The number of hydrogen-bond acceptors (Lipinski definition) is 4. The lowest BCUT2D eigenvalue weighted by Gasteiger charge is -2.35. The first-order valence-corrected chi connectivity index (χ1v) is 8.91. The van der Waals surface area contributed by atoms with E-state index in [0.717, 1.165) is 29.6 Å². The van der Waals surface area contributed by atoms with E-state index in [4.69, 9.17) is 4.74 Å². The lowest BCUT2D eigenvalue weighted by Crippen LogP contribution is -2.50. The number of aromatic nitrogens is 1.